The van der Waals surface area contributed by atoms with Gasteiger partial charge in [-0.3, -0.25) is 9.78 Å². The van der Waals surface area contributed by atoms with Crippen molar-refractivity contribution in [1.29, 1.82) is 0 Å². The van der Waals surface area contributed by atoms with Gasteiger partial charge in [-0.25, -0.2) is 0 Å². The molecule has 0 aromatic carbocycles. The molecule has 0 amide bonds. The number of pyridine rings is 1. The van der Waals surface area contributed by atoms with Crippen LogP contribution >= 0.6 is 0 Å². The van der Waals surface area contributed by atoms with Crippen LogP contribution in [0, 0.1) is 29.6 Å². The van der Waals surface area contributed by atoms with Crippen LogP contribution < -0.4 is 4.74 Å². The van der Waals surface area contributed by atoms with Gasteiger partial charge in [0.1, 0.15) is 11.5 Å². The Labute approximate surface area is 156 Å². The number of nitrogens with zero attached hydrogens (tertiary/aromatic N) is 1. The van der Waals surface area contributed by atoms with E-state index >= 15 is 0 Å². The molecule has 4 nitrogen and oxygen atoms in total. The second kappa shape index (κ2) is 6.63. The molecule has 2 fully saturated rings. The molecule has 0 saturated heterocycles. The maximum atomic E-state index is 12.7. The number of ketones is 1. The zero-order chi connectivity index (χ0) is 18.5. The molecule has 4 rings (SSSR count). The largest absolute Gasteiger partial charge is 0.492 e. The van der Waals surface area contributed by atoms with Crippen molar-refractivity contribution in [1.82, 2.24) is 4.98 Å². The van der Waals surface area contributed by atoms with Crippen molar-refractivity contribution in [2.24, 2.45) is 29.6 Å². The Morgan fingerprint density at radius 2 is 2.12 bits per heavy atom. The Balaban J connectivity index is 1.44. The van der Waals surface area contributed by atoms with Gasteiger partial charge in [0.25, 0.3) is 0 Å². The third kappa shape index (κ3) is 3.53. The van der Waals surface area contributed by atoms with Crippen LogP contribution in [0.2, 0.25) is 0 Å². The number of aromatic nitrogens is 1. The molecule has 1 aromatic rings. The zero-order valence-corrected chi connectivity index (χ0v) is 16.2. The average Bonchev–Trinajstić information content (AvgIpc) is 3.23. The van der Waals surface area contributed by atoms with Crippen molar-refractivity contribution in [2.45, 2.75) is 64.9 Å². The third-order valence-corrected chi connectivity index (χ3v) is 6.62. The lowest BCUT2D eigenvalue weighted by molar-refractivity contribution is -0.121. The van der Waals surface area contributed by atoms with Gasteiger partial charge in [0.15, 0.2) is 0 Å². The number of rotatable bonds is 5. The van der Waals surface area contributed by atoms with Gasteiger partial charge in [-0.05, 0) is 74.3 Å². The molecule has 0 radical (unpaired) electrons. The highest BCUT2D eigenvalue weighted by Gasteiger charge is 2.61. The molecular weight excluding hydrogens is 326 g/mol. The molecule has 3 atom stereocenters. The molecule has 1 aromatic heterocycles. The van der Waals surface area contributed by atoms with Crippen molar-refractivity contribution in [3.63, 3.8) is 0 Å². The predicted octanol–water partition coefficient (Wildman–Crippen LogP) is 3.59. The van der Waals surface area contributed by atoms with Gasteiger partial charge in [-0.2, -0.15) is 0 Å². The molecule has 3 aliphatic rings. The summed E-state index contributed by atoms with van der Waals surface area (Å²) in [5.41, 5.74) is 1.83. The second-order valence-corrected chi connectivity index (χ2v) is 9.41. The van der Waals surface area contributed by atoms with Gasteiger partial charge >= 0.3 is 0 Å². The molecule has 3 unspecified atom stereocenters. The van der Waals surface area contributed by atoms with E-state index in [1.54, 1.807) is 0 Å². The van der Waals surface area contributed by atoms with E-state index in [9.17, 15) is 9.90 Å². The van der Waals surface area contributed by atoms with Crippen LogP contribution in [0.1, 0.15) is 57.7 Å². The van der Waals surface area contributed by atoms with Crippen molar-refractivity contribution >= 4 is 5.78 Å². The fraction of sp³-hybridized carbons (Fsp3) is 0.727. The van der Waals surface area contributed by atoms with E-state index in [0.717, 1.165) is 43.5 Å². The fourth-order valence-electron chi connectivity index (χ4n) is 5.16. The summed E-state index contributed by atoms with van der Waals surface area (Å²) in [5, 5.41) is 10.1. The number of carbonyl (C=O) groups is 1. The molecule has 0 aliphatic heterocycles. The molecular formula is C22H31NO3. The number of ether oxygens (including phenoxy) is 1. The lowest BCUT2D eigenvalue weighted by atomic mass is 9.69. The fourth-order valence-corrected chi connectivity index (χ4v) is 5.16. The highest BCUT2D eigenvalue weighted by molar-refractivity contribution is 5.85. The van der Waals surface area contributed by atoms with E-state index in [4.69, 9.17) is 9.72 Å². The molecule has 0 spiro atoms. The van der Waals surface area contributed by atoms with E-state index in [1.165, 1.54) is 5.56 Å². The topological polar surface area (TPSA) is 59.4 Å². The number of carbonyl (C=O) groups excluding carboxylic acids is 1. The molecule has 142 valence electrons. The summed E-state index contributed by atoms with van der Waals surface area (Å²) < 4.78 is 5.85. The summed E-state index contributed by atoms with van der Waals surface area (Å²) in [6.45, 7) is 7.01. The van der Waals surface area contributed by atoms with E-state index in [2.05, 4.69) is 19.9 Å². The van der Waals surface area contributed by atoms with Crippen molar-refractivity contribution in [2.75, 3.05) is 6.61 Å². The maximum Gasteiger partial charge on any atom is 0.137 e. The van der Waals surface area contributed by atoms with Gasteiger partial charge in [0.05, 0.1) is 18.4 Å². The van der Waals surface area contributed by atoms with Crippen molar-refractivity contribution in [3.05, 3.63) is 23.5 Å². The van der Waals surface area contributed by atoms with Crippen LogP contribution in [0.5, 0.6) is 5.75 Å². The Bertz CT molecular complexity index is 689. The van der Waals surface area contributed by atoms with Crippen LogP contribution in [0.15, 0.2) is 12.3 Å². The number of Topliss-reactive ketones (excluding diaryl/α,β-unsaturated/α-hetero) is 1. The number of fused-ring (bicyclic) bond motifs is 2. The molecule has 1 N–H and O–H groups in total. The second-order valence-electron chi connectivity index (χ2n) is 9.41. The standard InChI is InChI=1S/C22H31NO3/c1-13(2)6-7-26-16-8-14-4-5-19(24)21-17(9-18(14)23-12-16)20(21)15-10-22(3,25)11-15/h8,12-13,15,17,20-21,25H,4-7,9-11H2,1-3H3/t15-,17?,20?,21?,22-. The first kappa shape index (κ1) is 18.0. The third-order valence-electron chi connectivity index (χ3n) is 6.62. The molecule has 3 aliphatic carbocycles. The Morgan fingerprint density at radius 1 is 1.35 bits per heavy atom. The summed E-state index contributed by atoms with van der Waals surface area (Å²) in [6.07, 6.45) is 6.88. The highest BCUT2D eigenvalue weighted by atomic mass is 16.5. The monoisotopic (exact) mass is 357 g/mol. The Kier molecular flexibility index (Phi) is 4.58. The van der Waals surface area contributed by atoms with Crippen molar-refractivity contribution < 1.29 is 14.6 Å². The first-order valence-electron chi connectivity index (χ1n) is 10.2. The molecule has 2 saturated carbocycles. The van der Waals surface area contributed by atoms with Crippen molar-refractivity contribution in [3.8, 4) is 5.75 Å². The predicted molar refractivity (Wildman–Crippen MR) is 100 cm³/mol. The molecule has 1 heterocycles. The lowest BCUT2D eigenvalue weighted by Crippen LogP contribution is -2.42. The zero-order valence-electron chi connectivity index (χ0n) is 16.2. The van der Waals surface area contributed by atoms with E-state index < -0.39 is 5.60 Å². The van der Waals surface area contributed by atoms with Crippen LogP contribution in [-0.4, -0.2) is 28.1 Å². The normalized spacial score (nSPS) is 35.8. The van der Waals surface area contributed by atoms with Gasteiger partial charge < -0.3 is 9.84 Å². The maximum absolute atomic E-state index is 12.7. The minimum Gasteiger partial charge on any atom is -0.492 e. The minimum absolute atomic E-state index is 0.216. The van der Waals surface area contributed by atoms with Gasteiger partial charge in [0.2, 0.25) is 0 Å². The van der Waals surface area contributed by atoms with Crippen LogP contribution in [-0.2, 0) is 17.6 Å². The molecule has 26 heavy (non-hydrogen) atoms. The highest BCUT2D eigenvalue weighted by Crippen LogP contribution is 2.61. The number of hydrogen-bond donors (Lipinski definition) is 1. The summed E-state index contributed by atoms with van der Waals surface area (Å²) in [5.74, 6) is 3.51. The first-order valence-corrected chi connectivity index (χ1v) is 10.2. The quantitative estimate of drug-likeness (QED) is 0.875. The summed E-state index contributed by atoms with van der Waals surface area (Å²) >= 11 is 0. The number of aryl methyl sites for hydroxylation is 1. The van der Waals surface area contributed by atoms with Gasteiger partial charge in [-0.15, -0.1) is 0 Å². The number of aliphatic hydroxyl groups is 1. The SMILES string of the molecule is CC(C)CCOc1cnc2c(c1)CCC(=O)C1C(C2)C1[C@H]1C[C@](C)(O)C1. The Morgan fingerprint density at radius 3 is 2.81 bits per heavy atom. The van der Waals surface area contributed by atoms with E-state index in [1.807, 2.05) is 13.1 Å². The van der Waals surface area contributed by atoms with Crippen LogP contribution in [0.3, 0.4) is 0 Å². The van der Waals surface area contributed by atoms with Gasteiger partial charge in [0, 0.05) is 18.0 Å². The van der Waals surface area contributed by atoms with E-state index in [-0.39, 0.29) is 5.92 Å². The lowest BCUT2D eigenvalue weighted by Gasteiger charge is -2.41. The minimum atomic E-state index is -0.510. The van der Waals surface area contributed by atoms with Gasteiger partial charge in [-0.1, -0.05) is 13.8 Å². The summed E-state index contributed by atoms with van der Waals surface area (Å²) in [6, 6.07) is 2.10. The molecule has 4 heteroatoms. The van der Waals surface area contributed by atoms with E-state index in [0.29, 0.717) is 42.5 Å². The first-order chi connectivity index (χ1) is 12.3. The smallest absolute Gasteiger partial charge is 0.137 e. The Hall–Kier alpha value is -1.42. The number of hydrogen-bond acceptors (Lipinski definition) is 4. The average molecular weight is 357 g/mol. The molecule has 0 bridgehead atoms. The summed E-state index contributed by atoms with van der Waals surface area (Å²) in [7, 11) is 0. The van der Waals surface area contributed by atoms with Crippen LogP contribution in [0.4, 0.5) is 0 Å². The van der Waals surface area contributed by atoms with Crippen LogP contribution in [0.25, 0.3) is 0 Å². The summed E-state index contributed by atoms with van der Waals surface area (Å²) in [4.78, 5) is 17.4.